The average molecular weight is 228 g/mol. The lowest BCUT2D eigenvalue weighted by Gasteiger charge is -2.34. The molecule has 0 aromatic carbocycles. The third-order valence-electron chi connectivity index (χ3n) is 3.48. The highest BCUT2D eigenvalue weighted by Gasteiger charge is 2.33. The van der Waals surface area contributed by atoms with Crippen molar-refractivity contribution < 1.29 is 9.53 Å². The van der Waals surface area contributed by atoms with E-state index in [0.717, 1.165) is 12.8 Å². The van der Waals surface area contributed by atoms with E-state index in [1.807, 2.05) is 6.92 Å². The van der Waals surface area contributed by atoms with Gasteiger partial charge in [-0.1, -0.05) is 19.3 Å². The molecule has 1 fully saturated rings. The topological polar surface area (TPSA) is 64.3 Å². The van der Waals surface area contributed by atoms with E-state index in [-0.39, 0.29) is 5.91 Å². The van der Waals surface area contributed by atoms with Crippen LogP contribution in [0.1, 0.15) is 45.4 Å². The summed E-state index contributed by atoms with van der Waals surface area (Å²) in [5.74, 6) is -0.282. The van der Waals surface area contributed by atoms with Gasteiger partial charge in [-0.15, -0.1) is 0 Å². The molecule has 1 amide bonds. The van der Waals surface area contributed by atoms with Crippen LogP contribution in [0, 0.1) is 0 Å². The number of primary amides is 1. The minimum Gasteiger partial charge on any atom is -0.385 e. The van der Waals surface area contributed by atoms with Crippen LogP contribution in [0.5, 0.6) is 0 Å². The molecule has 0 heterocycles. The largest absolute Gasteiger partial charge is 0.385 e. The molecule has 0 aromatic heterocycles. The van der Waals surface area contributed by atoms with Gasteiger partial charge in [-0.2, -0.15) is 0 Å². The van der Waals surface area contributed by atoms with Gasteiger partial charge in [0.2, 0.25) is 5.91 Å². The van der Waals surface area contributed by atoms with Crippen molar-refractivity contribution in [2.75, 3.05) is 13.7 Å². The number of carbonyl (C=O) groups is 1. The second kappa shape index (κ2) is 6.21. The van der Waals surface area contributed by atoms with E-state index >= 15 is 0 Å². The SMILES string of the molecule is COCCC(C)(NC1CCCCC1)C(N)=O. The molecule has 94 valence electrons. The molecule has 1 aliphatic rings. The van der Waals surface area contributed by atoms with Crippen molar-refractivity contribution >= 4 is 5.91 Å². The molecule has 1 atom stereocenters. The Morgan fingerprint density at radius 2 is 2.06 bits per heavy atom. The van der Waals surface area contributed by atoms with Gasteiger partial charge in [0.1, 0.15) is 0 Å². The zero-order valence-corrected chi connectivity index (χ0v) is 10.4. The van der Waals surface area contributed by atoms with Gasteiger partial charge in [-0.3, -0.25) is 4.79 Å². The Morgan fingerprint density at radius 1 is 1.44 bits per heavy atom. The summed E-state index contributed by atoms with van der Waals surface area (Å²) in [6.07, 6.45) is 6.73. The maximum Gasteiger partial charge on any atom is 0.237 e. The van der Waals surface area contributed by atoms with Crippen LogP contribution in [-0.4, -0.2) is 31.2 Å². The number of rotatable bonds is 6. The molecule has 0 saturated heterocycles. The molecule has 1 aliphatic carbocycles. The number of carbonyl (C=O) groups excluding carboxylic acids is 1. The van der Waals surface area contributed by atoms with Gasteiger partial charge in [-0.05, 0) is 26.2 Å². The van der Waals surface area contributed by atoms with E-state index in [9.17, 15) is 4.79 Å². The zero-order chi connectivity index (χ0) is 12.0. The highest BCUT2D eigenvalue weighted by atomic mass is 16.5. The third kappa shape index (κ3) is 3.76. The number of nitrogens with two attached hydrogens (primary N) is 1. The van der Waals surface area contributed by atoms with Crippen LogP contribution in [0.15, 0.2) is 0 Å². The maximum atomic E-state index is 11.5. The number of ether oxygens (including phenoxy) is 1. The molecule has 0 aromatic rings. The Balaban J connectivity index is 2.51. The Kier molecular flexibility index (Phi) is 5.22. The van der Waals surface area contributed by atoms with Gasteiger partial charge in [0, 0.05) is 19.8 Å². The Bertz CT molecular complexity index is 227. The lowest BCUT2D eigenvalue weighted by Crippen LogP contribution is -2.57. The Hall–Kier alpha value is -0.610. The van der Waals surface area contributed by atoms with E-state index in [4.69, 9.17) is 10.5 Å². The van der Waals surface area contributed by atoms with Crippen LogP contribution >= 0.6 is 0 Å². The lowest BCUT2D eigenvalue weighted by atomic mass is 9.90. The third-order valence-corrected chi connectivity index (χ3v) is 3.48. The summed E-state index contributed by atoms with van der Waals surface area (Å²) in [5.41, 5.74) is 4.84. The molecular formula is C12H24N2O2. The number of hydrogen-bond acceptors (Lipinski definition) is 3. The quantitative estimate of drug-likeness (QED) is 0.717. The van der Waals surface area contributed by atoms with Crippen molar-refractivity contribution in [1.29, 1.82) is 0 Å². The maximum absolute atomic E-state index is 11.5. The molecule has 3 N–H and O–H groups in total. The molecule has 0 radical (unpaired) electrons. The predicted molar refractivity (Wildman–Crippen MR) is 64.1 cm³/mol. The van der Waals surface area contributed by atoms with Crippen molar-refractivity contribution in [2.24, 2.45) is 5.73 Å². The number of nitrogens with one attached hydrogen (secondary N) is 1. The summed E-state index contributed by atoms with van der Waals surface area (Å²) in [7, 11) is 1.64. The Morgan fingerprint density at radius 3 is 2.56 bits per heavy atom. The smallest absolute Gasteiger partial charge is 0.237 e. The first-order valence-corrected chi connectivity index (χ1v) is 6.15. The highest BCUT2D eigenvalue weighted by molar-refractivity contribution is 5.84. The van der Waals surface area contributed by atoms with Gasteiger partial charge in [0.15, 0.2) is 0 Å². The van der Waals surface area contributed by atoms with Crippen molar-refractivity contribution in [3.05, 3.63) is 0 Å². The van der Waals surface area contributed by atoms with Gasteiger partial charge in [0.05, 0.1) is 5.54 Å². The highest BCUT2D eigenvalue weighted by Crippen LogP contribution is 2.21. The van der Waals surface area contributed by atoms with Crippen molar-refractivity contribution in [1.82, 2.24) is 5.32 Å². The van der Waals surface area contributed by atoms with Crippen molar-refractivity contribution in [2.45, 2.75) is 57.0 Å². The fourth-order valence-corrected chi connectivity index (χ4v) is 2.27. The van der Waals surface area contributed by atoms with E-state index in [1.54, 1.807) is 7.11 Å². The second-order valence-electron chi connectivity index (χ2n) is 4.92. The average Bonchev–Trinajstić information content (AvgIpc) is 2.27. The van der Waals surface area contributed by atoms with Gasteiger partial charge < -0.3 is 15.8 Å². The minimum absolute atomic E-state index is 0.282. The molecule has 1 rings (SSSR count). The molecule has 1 unspecified atom stereocenters. The normalized spacial score (nSPS) is 21.6. The van der Waals surface area contributed by atoms with Gasteiger partial charge in [0.25, 0.3) is 0 Å². The summed E-state index contributed by atoms with van der Waals surface area (Å²) >= 11 is 0. The number of amides is 1. The molecule has 1 saturated carbocycles. The fourth-order valence-electron chi connectivity index (χ4n) is 2.27. The minimum atomic E-state index is -0.627. The molecule has 0 spiro atoms. The van der Waals surface area contributed by atoms with Crippen LogP contribution in [-0.2, 0) is 9.53 Å². The molecule has 4 heteroatoms. The molecule has 4 nitrogen and oxygen atoms in total. The van der Waals surface area contributed by atoms with Crippen LogP contribution < -0.4 is 11.1 Å². The summed E-state index contributed by atoms with van der Waals surface area (Å²) in [6, 6.07) is 0.433. The molecule has 16 heavy (non-hydrogen) atoms. The van der Waals surface area contributed by atoms with E-state index in [0.29, 0.717) is 19.1 Å². The van der Waals surface area contributed by atoms with Crippen LogP contribution in [0.2, 0.25) is 0 Å². The molecular weight excluding hydrogens is 204 g/mol. The molecule has 0 aliphatic heterocycles. The standard InChI is InChI=1S/C12H24N2O2/c1-12(11(13)15,8-9-16-2)14-10-6-4-3-5-7-10/h10,14H,3-9H2,1-2H3,(H2,13,15). The molecule has 0 bridgehead atoms. The van der Waals surface area contributed by atoms with Gasteiger partial charge >= 0.3 is 0 Å². The van der Waals surface area contributed by atoms with E-state index in [1.165, 1.54) is 19.3 Å². The first kappa shape index (κ1) is 13.5. The zero-order valence-electron chi connectivity index (χ0n) is 10.4. The summed E-state index contributed by atoms with van der Waals surface area (Å²) in [5, 5.41) is 3.41. The fraction of sp³-hybridized carbons (Fsp3) is 0.917. The first-order valence-electron chi connectivity index (χ1n) is 6.15. The monoisotopic (exact) mass is 228 g/mol. The van der Waals surface area contributed by atoms with Crippen molar-refractivity contribution in [3.8, 4) is 0 Å². The lowest BCUT2D eigenvalue weighted by molar-refractivity contribution is -0.125. The Labute approximate surface area is 97.9 Å². The van der Waals surface area contributed by atoms with Gasteiger partial charge in [-0.25, -0.2) is 0 Å². The van der Waals surface area contributed by atoms with Crippen LogP contribution in [0.4, 0.5) is 0 Å². The first-order chi connectivity index (χ1) is 7.58. The number of methoxy groups -OCH3 is 1. The number of hydrogen-bond donors (Lipinski definition) is 2. The second-order valence-corrected chi connectivity index (χ2v) is 4.92. The van der Waals surface area contributed by atoms with E-state index in [2.05, 4.69) is 5.32 Å². The predicted octanol–water partition coefficient (Wildman–Crippen LogP) is 1.19. The van der Waals surface area contributed by atoms with Crippen LogP contribution in [0.25, 0.3) is 0 Å². The summed E-state index contributed by atoms with van der Waals surface area (Å²) in [6.45, 7) is 2.43. The summed E-state index contributed by atoms with van der Waals surface area (Å²) in [4.78, 5) is 11.5. The van der Waals surface area contributed by atoms with Crippen LogP contribution in [0.3, 0.4) is 0 Å². The van der Waals surface area contributed by atoms with E-state index < -0.39 is 5.54 Å². The van der Waals surface area contributed by atoms with Crippen molar-refractivity contribution in [3.63, 3.8) is 0 Å². The summed E-state index contributed by atoms with van der Waals surface area (Å²) < 4.78 is 5.03.